The first kappa shape index (κ1) is 23.2. The summed E-state index contributed by atoms with van der Waals surface area (Å²) in [5, 5.41) is 15.1. The van der Waals surface area contributed by atoms with Crippen LogP contribution in [0.4, 0.5) is 5.69 Å². The van der Waals surface area contributed by atoms with Crippen molar-refractivity contribution in [2.45, 2.75) is 50.6 Å². The minimum Gasteiger partial charge on any atom is -0.493 e. The first-order chi connectivity index (χ1) is 16.0. The SMILES string of the molecule is CC1(COc2ccc(-n3c(SCCCC(=O)NCCC#N)nc4c(c3=O)NCC4)cc2)CC1. The highest BCUT2D eigenvalue weighted by Crippen LogP contribution is 2.45. The van der Waals surface area contributed by atoms with E-state index in [9.17, 15) is 9.59 Å². The summed E-state index contributed by atoms with van der Waals surface area (Å²) < 4.78 is 7.56. The fourth-order valence-electron chi connectivity index (χ4n) is 3.58. The number of anilines is 1. The smallest absolute Gasteiger partial charge is 0.282 e. The lowest BCUT2D eigenvalue weighted by Gasteiger charge is -2.15. The molecule has 9 heteroatoms. The number of nitriles is 1. The van der Waals surface area contributed by atoms with Gasteiger partial charge in [0.15, 0.2) is 5.16 Å². The number of hydrogen-bond acceptors (Lipinski definition) is 7. The lowest BCUT2D eigenvalue weighted by atomic mass is 10.2. The van der Waals surface area contributed by atoms with Crippen molar-refractivity contribution in [2.75, 3.05) is 30.8 Å². The molecule has 0 saturated heterocycles. The van der Waals surface area contributed by atoms with Gasteiger partial charge in [-0.25, -0.2) is 4.98 Å². The van der Waals surface area contributed by atoms with Crippen LogP contribution >= 0.6 is 11.8 Å². The van der Waals surface area contributed by atoms with Gasteiger partial charge in [0.2, 0.25) is 5.91 Å². The van der Waals surface area contributed by atoms with Gasteiger partial charge in [-0.3, -0.25) is 14.2 Å². The second kappa shape index (κ2) is 10.3. The second-order valence-corrected chi connectivity index (χ2v) is 9.90. The van der Waals surface area contributed by atoms with E-state index in [4.69, 9.17) is 15.0 Å². The average Bonchev–Trinajstić information content (AvgIpc) is 3.35. The van der Waals surface area contributed by atoms with Gasteiger partial charge >= 0.3 is 0 Å². The van der Waals surface area contributed by atoms with Crippen molar-refractivity contribution in [1.29, 1.82) is 5.26 Å². The molecule has 1 saturated carbocycles. The third-order valence-electron chi connectivity index (χ3n) is 5.92. The molecule has 8 nitrogen and oxygen atoms in total. The van der Waals surface area contributed by atoms with Gasteiger partial charge in [-0.15, -0.1) is 0 Å². The van der Waals surface area contributed by atoms with Crippen molar-refractivity contribution in [3.05, 3.63) is 40.3 Å². The van der Waals surface area contributed by atoms with Crippen LogP contribution in [0.2, 0.25) is 0 Å². The number of amides is 1. The molecule has 0 atom stereocenters. The van der Waals surface area contributed by atoms with Crippen LogP contribution in [0.1, 0.15) is 44.7 Å². The molecule has 2 heterocycles. The zero-order chi connectivity index (χ0) is 23.3. The molecule has 1 aromatic carbocycles. The summed E-state index contributed by atoms with van der Waals surface area (Å²) in [7, 11) is 0. The molecule has 2 N–H and O–H groups in total. The van der Waals surface area contributed by atoms with E-state index < -0.39 is 0 Å². The average molecular weight is 468 g/mol. The molecule has 0 radical (unpaired) electrons. The second-order valence-electron chi connectivity index (χ2n) is 8.84. The minimum absolute atomic E-state index is 0.0648. The Morgan fingerprint density at radius 3 is 2.88 bits per heavy atom. The van der Waals surface area contributed by atoms with E-state index >= 15 is 0 Å². The minimum atomic E-state index is -0.103. The number of benzene rings is 1. The topological polar surface area (TPSA) is 109 Å². The van der Waals surface area contributed by atoms with Gasteiger partial charge < -0.3 is 15.4 Å². The van der Waals surface area contributed by atoms with Crippen LogP contribution < -0.4 is 20.9 Å². The van der Waals surface area contributed by atoms with Crippen LogP contribution in [0.5, 0.6) is 5.75 Å². The molecule has 2 aromatic rings. The summed E-state index contributed by atoms with van der Waals surface area (Å²) in [6.07, 6.45) is 4.47. The molecule has 1 aromatic heterocycles. The summed E-state index contributed by atoms with van der Waals surface area (Å²) >= 11 is 1.48. The van der Waals surface area contributed by atoms with Gasteiger partial charge in [0.05, 0.1) is 30.5 Å². The Morgan fingerprint density at radius 2 is 2.15 bits per heavy atom. The van der Waals surface area contributed by atoms with E-state index in [2.05, 4.69) is 17.6 Å². The maximum absolute atomic E-state index is 13.2. The molecule has 2 aliphatic rings. The van der Waals surface area contributed by atoms with Crippen molar-refractivity contribution in [3.8, 4) is 17.5 Å². The predicted molar refractivity (Wildman–Crippen MR) is 128 cm³/mol. The number of aromatic nitrogens is 2. The van der Waals surface area contributed by atoms with Crippen molar-refractivity contribution in [3.63, 3.8) is 0 Å². The maximum Gasteiger partial charge on any atom is 0.282 e. The van der Waals surface area contributed by atoms with Gasteiger partial charge in [-0.1, -0.05) is 18.7 Å². The Labute approximate surface area is 197 Å². The highest BCUT2D eigenvalue weighted by atomic mass is 32.2. The Morgan fingerprint density at radius 1 is 1.36 bits per heavy atom. The normalized spacial score (nSPS) is 15.3. The number of ether oxygens (including phenoxy) is 1. The van der Waals surface area contributed by atoms with Crippen LogP contribution in [0, 0.1) is 16.7 Å². The monoisotopic (exact) mass is 467 g/mol. The van der Waals surface area contributed by atoms with Crippen LogP contribution in [-0.4, -0.2) is 40.9 Å². The number of nitrogens with zero attached hydrogens (tertiary/aromatic N) is 3. The predicted octanol–water partition coefficient (Wildman–Crippen LogP) is 3.28. The lowest BCUT2D eigenvalue weighted by Crippen LogP contribution is -2.24. The van der Waals surface area contributed by atoms with E-state index in [-0.39, 0.29) is 11.5 Å². The fourth-order valence-corrected chi connectivity index (χ4v) is 4.54. The Kier molecular flexibility index (Phi) is 7.23. The summed E-state index contributed by atoms with van der Waals surface area (Å²) in [5.41, 5.74) is 2.31. The third kappa shape index (κ3) is 5.88. The Bertz CT molecular complexity index is 1100. The molecular formula is C24H29N5O3S. The van der Waals surface area contributed by atoms with Crippen molar-refractivity contribution in [1.82, 2.24) is 14.9 Å². The molecule has 0 spiro atoms. The number of carbonyl (C=O) groups excluding carboxylic acids is 1. The van der Waals surface area contributed by atoms with E-state index in [1.165, 1.54) is 24.6 Å². The number of thioether (sulfide) groups is 1. The molecule has 1 aliphatic carbocycles. The van der Waals surface area contributed by atoms with Gasteiger partial charge in [0.25, 0.3) is 5.56 Å². The molecule has 174 valence electrons. The zero-order valence-corrected chi connectivity index (χ0v) is 19.7. The highest BCUT2D eigenvalue weighted by molar-refractivity contribution is 7.99. The molecule has 1 amide bonds. The molecule has 1 aliphatic heterocycles. The van der Waals surface area contributed by atoms with Crippen molar-refractivity contribution in [2.24, 2.45) is 5.41 Å². The first-order valence-electron chi connectivity index (χ1n) is 11.4. The molecule has 33 heavy (non-hydrogen) atoms. The van der Waals surface area contributed by atoms with Gasteiger partial charge in [0.1, 0.15) is 11.4 Å². The third-order valence-corrected chi connectivity index (χ3v) is 6.94. The lowest BCUT2D eigenvalue weighted by molar-refractivity contribution is -0.121. The van der Waals surface area contributed by atoms with Gasteiger partial charge in [0, 0.05) is 37.1 Å². The Hall–Kier alpha value is -2.99. The van der Waals surface area contributed by atoms with Crippen LogP contribution in [0.15, 0.2) is 34.2 Å². The maximum atomic E-state index is 13.2. The van der Waals surface area contributed by atoms with Crippen molar-refractivity contribution < 1.29 is 9.53 Å². The quantitative estimate of drug-likeness (QED) is 0.296. The number of carbonyl (C=O) groups is 1. The summed E-state index contributed by atoms with van der Waals surface area (Å²) in [6, 6.07) is 9.58. The fraction of sp³-hybridized carbons (Fsp3) is 0.500. The van der Waals surface area contributed by atoms with E-state index in [1.807, 2.05) is 30.3 Å². The van der Waals surface area contributed by atoms with E-state index in [0.717, 1.165) is 23.6 Å². The van der Waals surface area contributed by atoms with Gasteiger partial charge in [-0.05, 0) is 43.5 Å². The van der Waals surface area contributed by atoms with Crippen molar-refractivity contribution >= 4 is 23.4 Å². The number of hydrogen-bond donors (Lipinski definition) is 2. The molecule has 0 unspecified atom stereocenters. The number of nitrogens with one attached hydrogen (secondary N) is 2. The summed E-state index contributed by atoms with van der Waals surface area (Å²) in [6.45, 7) is 4.02. The number of rotatable bonds is 11. The highest BCUT2D eigenvalue weighted by Gasteiger charge is 2.38. The number of fused-ring (bicyclic) bond motifs is 1. The zero-order valence-electron chi connectivity index (χ0n) is 18.9. The summed E-state index contributed by atoms with van der Waals surface area (Å²) in [5.74, 6) is 1.39. The molecule has 4 rings (SSSR count). The first-order valence-corrected chi connectivity index (χ1v) is 12.4. The molecule has 1 fully saturated rings. The molecular weight excluding hydrogens is 438 g/mol. The molecule has 0 bridgehead atoms. The van der Waals surface area contributed by atoms with Crippen LogP contribution in [0.25, 0.3) is 5.69 Å². The van der Waals surface area contributed by atoms with Gasteiger partial charge in [-0.2, -0.15) is 5.26 Å². The van der Waals surface area contributed by atoms with Crippen LogP contribution in [0.3, 0.4) is 0 Å². The van der Waals surface area contributed by atoms with E-state index in [1.54, 1.807) is 4.57 Å². The Balaban J connectivity index is 1.45. The standard InChI is InChI=1S/C24H29N5O3S/c1-24(10-11-24)16-32-18-7-5-17(6-8-18)29-22(31)21-19(9-14-27-21)28-23(29)33-15-2-4-20(30)26-13-3-12-25/h5-8,27H,2-4,9-11,13-16H2,1H3,(H,26,30). The van der Waals surface area contributed by atoms with E-state index in [0.29, 0.717) is 61.0 Å². The largest absolute Gasteiger partial charge is 0.493 e. The van der Waals surface area contributed by atoms with Crippen LogP contribution in [-0.2, 0) is 11.2 Å². The summed E-state index contributed by atoms with van der Waals surface area (Å²) in [4.78, 5) is 29.9.